The summed E-state index contributed by atoms with van der Waals surface area (Å²) in [5.41, 5.74) is 1.95. The van der Waals surface area contributed by atoms with Crippen LogP contribution < -0.4 is 14.8 Å². The van der Waals surface area contributed by atoms with Gasteiger partial charge in [0.05, 0.1) is 14.2 Å². The molecule has 0 aliphatic carbocycles. The summed E-state index contributed by atoms with van der Waals surface area (Å²) in [7, 11) is 3.20. The molecule has 0 heterocycles. The van der Waals surface area contributed by atoms with Gasteiger partial charge in [0, 0.05) is 17.6 Å². The Bertz CT molecular complexity index is 728. The zero-order chi connectivity index (χ0) is 17.4. The lowest BCUT2D eigenvalue weighted by Gasteiger charge is -2.09. The average Bonchev–Trinajstić information content (AvgIpc) is 2.60. The van der Waals surface area contributed by atoms with Crippen molar-refractivity contribution in [2.75, 3.05) is 20.8 Å². The van der Waals surface area contributed by atoms with E-state index in [-0.39, 0.29) is 5.91 Å². The lowest BCUT2D eigenvalue weighted by atomic mass is 10.1. The number of ether oxygens (including phenoxy) is 2. The Balaban J connectivity index is 1.84. The average molecular weight is 346 g/mol. The first kappa shape index (κ1) is 17.9. The molecule has 5 heteroatoms. The third kappa shape index (κ3) is 5.32. The van der Waals surface area contributed by atoms with E-state index in [1.165, 1.54) is 6.08 Å². The summed E-state index contributed by atoms with van der Waals surface area (Å²) in [4.78, 5) is 11.8. The van der Waals surface area contributed by atoms with Gasteiger partial charge < -0.3 is 14.8 Å². The van der Waals surface area contributed by atoms with E-state index in [4.69, 9.17) is 21.1 Å². The van der Waals surface area contributed by atoms with Gasteiger partial charge in [0.25, 0.3) is 0 Å². The maximum atomic E-state index is 11.8. The number of hydrogen-bond acceptors (Lipinski definition) is 3. The predicted octanol–water partition coefficient (Wildman–Crippen LogP) is 3.73. The van der Waals surface area contributed by atoms with Crippen LogP contribution in [-0.4, -0.2) is 26.7 Å². The van der Waals surface area contributed by atoms with Gasteiger partial charge in [0.15, 0.2) is 11.5 Å². The Hall–Kier alpha value is -2.46. The van der Waals surface area contributed by atoms with Crippen LogP contribution in [0.15, 0.2) is 48.5 Å². The molecular weight excluding hydrogens is 326 g/mol. The molecule has 0 spiro atoms. The minimum atomic E-state index is -0.143. The van der Waals surface area contributed by atoms with Crippen LogP contribution >= 0.6 is 11.6 Å². The van der Waals surface area contributed by atoms with Crippen LogP contribution in [0.1, 0.15) is 11.1 Å². The van der Waals surface area contributed by atoms with E-state index in [9.17, 15) is 4.79 Å². The summed E-state index contributed by atoms with van der Waals surface area (Å²) < 4.78 is 10.5. The van der Waals surface area contributed by atoms with Crippen molar-refractivity contribution in [3.05, 3.63) is 64.7 Å². The van der Waals surface area contributed by atoms with Crippen molar-refractivity contribution in [2.45, 2.75) is 6.42 Å². The number of carbonyl (C=O) groups excluding carboxylic acids is 1. The number of amides is 1. The molecule has 2 rings (SSSR count). The lowest BCUT2D eigenvalue weighted by molar-refractivity contribution is -0.116. The van der Waals surface area contributed by atoms with Gasteiger partial charge in [-0.1, -0.05) is 29.8 Å². The van der Waals surface area contributed by atoms with Crippen molar-refractivity contribution in [1.29, 1.82) is 0 Å². The van der Waals surface area contributed by atoms with E-state index >= 15 is 0 Å². The summed E-state index contributed by atoms with van der Waals surface area (Å²) in [6.45, 7) is 0.536. The highest BCUT2D eigenvalue weighted by molar-refractivity contribution is 6.30. The zero-order valence-corrected chi connectivity index (χ0v) is 14.5. The Morgan fingerprint density at radius 1 is 1.12 bits per heavy atom. The van der Waals surface area contributed by atoms with Crippen molar-refractivity contribution >= 4 is 23.6 Å². The molecular formula is C19H20ClNO3. The molecule has 0 unspecified atom stereocenters. The second-order valence-corrected chi connectivity index (χ2v) is 5.56. The van der Waals surface area contributed by atoms with Crippen molar-refractivity contribution in [2.24, 2.45) is 0 Å². The van der Waals surface area contributed by atoms with Crippen molar-refractivity contribution < 1.29 is 14.3 Å². The third-order valence-corrected chi connectivity index (χ3v) is 3.67. The van der Waals surface area contributed by atoms with Crippen LogP contribution in [0.5, 0.6) is 11.5 Å². The molecule has 2 aromatic carbocycles. The SMILES string of the molecule is COc1ccc(CCNC(=O)C=Cc2cccc(Cl)c2)cc1OC. The summed E-state index contributed by atoms with van der Waals surface area (Å²) in [5, 5.41) is 3.50. The van der Waals surface area contributed by atoms with Crippen molar-refractivity contribution in [3.8, 4) is 11.5 Å². The van der Waals surface area contributed by atoms with Gasteiger partial charge in [0.2, 0.25) is 5.91 Å². The molecule has 1 amide bonds. The lowest BCUT2D eigenvalue weighted by Crippen LogP contribution is -2.23. The van der Waals surface area contributed by atoms with E-state index in [0.717, 1.165) is 11.1 Å². The summed E-state index contributed by atoms with van der Waals surface area (Å²) >= 11 is 5.90. The number of nitrogens with one attached hydrogen (secondary N) is 1. The Morgan fingerprint density at radius 2 is 1.92 bits per heavy atom. The number of methoxy groups -OCH3 is 2. The fraction of sp³-hybridized carbons (Fsp3) is 0.211. The van der Waals surface area contributed by atoms with Gasteiger partial charge >= 0.3 is 0 Å². The number of hydrogen-bond donors (Lipinski definition) is 1. The van der Waals surface area contributed by atoms with Crippen molar-refractivity contribution in [1.82, 2.24) is 5.32 Å². The summed E-state index contributed by atoms with van der Waals surface area (Å²) in [5.74, 6) is 1.23. The predicted molar refractivity (Wildman–Crippen MR) is 96.7 cm³/mol. The van der Waals surface area contributed by atoms with Crippen LogP contribution in [0.25, 0.3) is 6.08 Å². The molecule has 0 radical (unpaired) electrons. The van der Waals surface area contributed by atoms with Gasteiger partial charge in [-0.25, -0.2) is 0 Å². The smallest absolute Gasteiger partial charge is 0.244 e. The molecule has 4 nitrogen and oxygen atoms in total. The second-order valence-electron chi connectivity index (χ2n) is 5.12. The van der Waals surface area contributed by atoms with E-state index in [2.05, 4.69) is 5.32 Å². The molecule has 0 atom stereocenters. The van der Waals surface area contributed by atoms with Crippen LogP contribution in [-0.2, 0) is 11.2 Å². The number of rotatable bonds is 7. The number of benzene rings is 2. The minimum absolute atomic E-state index is 0.143. The van der Waals surface area contributed by atoms with Crippen molar-refractivity contribution in [3.63, 3.8) is 0 Å². The largest absolute Gasteiger partial charge is 0.493 e. The molecule has 0 fully saturated rings. The van der Waals surface area contributed by atoms with E-state index in [1.54, 1.807) is 32.4 Å². The minimum Gasteiger partial charge on any atom is -0.493 e. The van der Waals surface area contributed by atoms with E-state index < -0.39 is 0 Å². The molecule has 1 N–H and O–H groups in total. The first-order valence-corrected chi connectivity index (χ1v) is 7.92. The Labute approximate surface area is 147 Å². The molecule has 126 valence electrons. The normalized spacial score (nSPS) is 10.6. The maximum absolute atomic E-state index is 11.8. The van der Waals surface area contributed by atoms with Crippen LogP contribution in [0, 0.1) is 0 Å². The molecule has 24 heavy (non-hydrogen) atoms. The zero-order valence-electron chi connectivity index (χ0n) is 13.7. The molecule has 0 saturated heterocycles. The van der Waals surface area contributed by atoms with Crippen LogP contribution in [0.3, 0.4) is 0 Å². The quantitative estimate of drug-likeness (QED) is 0.778. The van der Waals surface area contributed by atoms with Gasteiger partial charge in [-0.2, -0.15) is 0 Å². The first-order chi connectivity index (χ1) is 11.6. The van der Waals surface area contributed by atoms with Crippen LogP contribution in [0.2, 0.25) is 5.02 Å². The highest BCUT2D eigenvalue weighted by atomic mass is 35.5. The van der Waals surface area contributed by atoms with E-state index in [0.29, 0.717) is 29.5 Å². The van der Waals surface area contributed by atoms with Gasteiger partial charge in [-0.3, -0.25) is 4.79 Å². The molecule has 0 saturated carbocycles. The Morgan fingerprint density at radius 3 is 2.62 bits per heavy atom. The Kier molecular flexibility index (Phi) is 6.70. The summed E-state index contributed by atoms with van der Waals surface area (Å²) in [6.07, 6.45) is 3.94. The number of halogens is 1. The topological polar surface area (TPSA) is 47.6 Å². The highest BCUT2D eigenvalue weighted by Crippen LogP contribution is 2.27. The third-order valence-electron chi connectivity index (χ3n) is 3.44. The second kappa shape index (κ2) is 8.99. The number of carbonyl (C=O) groups is 1. The maximum Gasteiger partial charge on any atom is 0.244 e. The fourth-order valence-corrected chi connectivity index (χ4v) is 2.41. The van der Waals surface area contributed by atoms with Gasteiger partial charge in [0.1, 0.15) is 0 Å². The monoisotopic (exact) mass is 345 g/mol. The summed E-state index contributed by atoms with van der Waals surface area (Å²) in [6, 6.07) is 13.0. The molecule has 0 aliphatic heterocycles. The van der Waals surface area contributed by atoms with Gasteiger partial charge in [-0.05, 0) is 47.9 Å². The fourth-order valence-electron chi connectivity index (χ4n) is 2.21. The van der Waals surface area contributed by atoms with Crippen LogP contribution in [0.4, 0.5) is 0 Å². The van der Waals surface area contributed by atoms with Gasteiger partial charge in [-0.15, -0.1) is 0 Å². The first-order valence-electron chi connectivity index (χ1n) is 7.55. The molecule has 0 aliphatic rings. The molecule has 0 bridgehead atoms. The molecule has 2 aromatic rings. The standard InChI is InChI=1S/C19H20ClNO3/c1-23-17-8-6-15(13-18(17)24-2)10-11-21-19(22)9-7-14-4-3-5-16(20)12-14/h3-9,12-13H,10-11H2,1-2H3,(H,21,22). The molecule has 0 aromatic heterocycles. The van der Waals surface area contributed by atoms with E-state index in [1.807, 2.05) is 30.3 Å². The highest BCUT2D eigenvalue weighted by Gasteiger charge is 2.04.